The molecule has 4 rings (SSSR count). The van der Waals surface area contributed by atoms with Crippen LogP contribution in [0.3, 0.4) is 0 Å². The number of nitrogens with one attached hydrogen (secondary N) is 2. The van der Waals surface area contributed by atoms with Crippen molar-refractivity contribution in [2.75, 3.05) is 19.4 Å². The summed E-state index contributed by atoms with van der Waals surface area (Å²) in [4.78, 5) is 45.7. The number of amides is 4. The van der Waals surface area contributed by atoms with Crippen molar-refractivity contribution in [1.29, 1.82) is 0 Å². The summed E-state index contributed by atoms with van der Waals surface area (Å²) in [5, 5.41) is 4.83. The van der Waals surface area contributed by atoms with Crippen molar-refractivity contribution >= 4 is 24.2 Å². The topological polar surface area (TPSA) is 140 Å². The number of hydrogen-bond acceptors (Lipinski definition) is 7. The fourth-order valence-corrected chi connectivity index (χ4v) is 3.70. The third kappa shape index (κ3) is 4.74. The number of carbonyl (C=O) groups is 3. The molecule has 0 aliphatic carbocycles. The maximum atomic E-state index is 13.0. The number of methoxy groups -OCH3 is 1. The molecule has 1 atom stereocenters. The minimum absolute atomic E-state index is 0.153. The van der Waals surface area contributed by atoms with E-state index in [1.807, 2.05) is 36.4 Å². The molecule has 0 saturated heterocycles. The van der Waals surface area contributed by atoms with Crippen LogP contribution in [0.2, 0.25) is 0 Å². The van der Waals surface area contributed by atoms with Crippen LogP contribution in [0.25, 0.3) is 11.3 Å². The fourth-order valence-electron chi connectivity index (χ4n) is 3.70. The number of nitrogen functional groups attached to an aromatic ring is 1. The van der Waals surface area contributed by atoms with Gasteiger partial charge in [-0.05, 0) is 23.3 Å². The van der Waals surface area contributed by atoms with Crippen LogP contribution in [0.1, 0.15) is 27.5 Å². The molecular formula is C23H22N6O4. The molecular weight excluding hydrogens is 424 g/mol. The smallest absolute Gasteiger partial charge is 0.321 e. The average Bonchev–Trinajstić information content (AvgIpc) is 3.14. The summed E-state index contributed by atoms with van der Waals surface area (Å²) in [7, 11) is 1.55. The zero-order chi connectivity index (χ0) is 23.4. The Kier molecular flexibility index (Phi) is 6.16. The van der Waals surface area contributed by atoms with Gasteiger partial charge in [0.2, 0.25) is 6.41 Å². The molecule has 1 aromatic heterocycles. The number of imide groups is 1. The molecule has 2 heterocycles. The van der Waals surface area contributed by atoms with Crippen LogP contribution in [0.5, 0.6) is 5.75 Å². The Labute approximate surface area is 189 Å². The van der Waals surface area contributed by atoms with Gasteiger partial charge in [-0.3, -0.25) is 19.9 Å². The highest BCUT2D eigenvalue weighted by atomic mass is 16.5. The molecule has 0 spiro atoms. The number of hydrogen-bond donors (Lipinski definition) is 3. The van der Waals surface area contributed by atoms with Crippen LogP contribution in [0, 0.1) is 0 Å². The van der Waals surface area contributed by atoms with Crippen molar-refractivity contribution in [2.24, 2.45) is 0 Å². The third-order valence-electron chi connectivity index (χ3n) is 5.37. The van der Waals surface area contributed by atoms with E-state index in [2.05, 4.69) is 20.6 Å². The van der Waals surface area contributed by atoms with E-state index in [1.54, 1.807) is 24.3 Å². The molecule has 1 aliphatic rings. The minimum Gasteiger partial charge on any atom is -0.497 e. The zero-order valence-electron chi connectivity index (χ0n) is 17.8. The summed E-state index contributed by atoms with van der Waals surface area (Å²) in [5.41, 5.74) is 9.27. The van der Waals surface area contributed by atoms with Crippen LogP contribution >= 0.6 is 0 Å². The Morgan fingerprint density at radius 3 is 2.67 bits per heavy atom. The number of nitrogens with zero attached hydrogens (tertiary/aromatic N) is 3. The lowest BCUT2D eigenvalue weighted by Crippen LogP contribution is -2.42. The van der Waals surface area contributed by atoms with Crippen molar-refractivity contribution in [2.45, 2.75) is 12.6 Å². The van der Waals surface area contributed by atoms with Gasteiger partial charge in [0, 0.05) is 24.2 Å². The summed E-state index contributed by atoms with van der Waals surface area (Å²) in [6.45, 7) is 0.619. The van der Waals surface area contributed by atoms with Crippen molar-refractivity contribution in [1.82, 2.24) is 25.5 Å². The lowest BCUT2D eigenvalue weighted by molar-refractivity contribution is -0.108. The molecule has 2 aromatic carbocycles. The van der Waals surface area contributed by atoms with Gasteiger partial charge in [-0.15, -0.1) is 0 Å². The molecule has 168 valence electrons. The maximum absolute atomic E-state index is 13.0. The highest BCUT2D eigenvalue weighted by Gasteiger charge is 2.30. The molecule has 1 aliphatic heterocycles. The van der Waals surface area contributed by atoms with Crippen LogP contribution in [0.15, 0.2) is 54.9 Å². The van der Waals surface area contributed by atoms with Gasteiger partial charge in [0.05, 0.1) is 31.2 Å². The SMILES string of the molecule is COc1ccc2c(c1)C(=O)N(C[C@H](NC(=O)NC=O)c1ccc(-c3cnc(N)cn3)cc1)C2. The number of ether oxygens (including phenoxy) is 1. The summed E-state index contributed by atoms with van der Waals surface area (Å²) >= 11 is 0. The van der Waals surface area contributed by atoms with Crippen molar-refractivity contribution in [3.05, 3.63) is 71.5 Å². The minimum atomic E-state index is -0.658. The van der Waals surface area contributed by atoms with E-state index in [0.717, 1.165) is 16.7 Å². The molecule has 0 radical (unpaired) electrons. The standard InChI is InChI=1S/C23H22N6O4/c1-33-17-7-6-16-11-29(22(31)18(16)8-17)12-20(28-23(32)27-13-30)15-4-2-14(3-5-15)19-9-26-21(24)10-25-19/h2-10,13,20H,11-12H2,1H3,(H2,24,26)(H2,27,28,30,32)/t20-/m0/s1. The van der Waals surface area contributed by atoms with E-state index in [0.29, 0.717) is 35.8 Å². The second kappa shape index (κ2) is 9.35. The lowest BCUT2D eigenvalue weighted by atomic mass is 10.0. The monoisotopic (exact) mass is 446 g/mol. The van der Waals surface area contributed by atoms with E-state index in [9.17, 15) is 14.4 Å². The molecule has 4 N–H and O–H groups in total. The van der Waals surface area contributed by atoms with Crippen LogP contribution < -0.4 is 21.1 Å². The number of carbonyl (C=O) groups excluding carboxylic acids is 3. The lowest BCUT2D eigenvalue weighted by Gasteiger charge is -2.25. The first-order valence-corrected chi connectivity index (χ1v) is 10.1. The summed E-state index contributed by atoms with van der Waals surface area (Å²) < 4.78 is 5.22. The molecule has 0 saturated carbocycles. The maximum Gasteiger partial charge on any atom is 0.321 e. The van der Waals surface area contributed by atoms with Gasteiger partial charge < -0.3 is 20.7 Å². The zero-order valence-corrected chi connectivity index (χ0v) is 17.8. The average molecular weight is 446 g/mol. The number of anilines is 1. The Bertz CT molecular complexity index is 1180. The first kappa shape index (κ1) is 21.8. The van der Waals surface area contributed by atoms with E-state index in [4.69, 9.17) is 10.5 Å². The Hall–Kier alpha value is -4.47. The van der Waals surface area contributed by atoms with Gasteiger partial charge in [0.15, 0.2) is 0 Å². The predicted octanol–water partition coefficient (Wildman–Crippen LogP) is 1.89. The quantitative estimate of drug-likeness (QED) is 0.471. The summed E-state index contributed by atoms with van der Waals surface area (Å²) in [6, 6.07) is 11.5. The number of benzene rings is 2. The highest BCUT2D eigenvalue weighted by molar-refractivity contribution is 5.98. The number of aromatic nitrogens is 2. The van der Waals surface area contributed by atoms with Gasteiger partial charge in [0.25, 0.3) is 5.91 Å². The van der Waals surface area contributed by atoms with Crippen LogP contribution in [-0.2, 0) is 11.3 Å². The van der Waals surface area contributed by atoms with E-state index < -0.39 is 12.1 Å². The molecule has 0 fully saturated rings. The van der Waals surface area contributed by atoms with E-state index in [1.165, 1.54) is 6.20 Å². The Morgan fingerprint density at radius 1 is 1.21 bits per heavy atom. The Balaban J connectivity index is 1.56. The first-order chi connectivity index (χ1) is 16.0. The van der Waals surface area contributed by atoms with Gasteiger partial charge >= 0.3 is 6.03 Å². The largest absolute Gasteiger partial charge is 0.497 e. The van der Waals surface area contributed by atoms with E-state index in [-0.39, 0.29) is 12.5 Å². The molecule has 0 bridgehead atoms. The van der Waals surface area contributed by atoms with Gasteiger partial charge in [0.1, 0.15) is 11.6 Å². The fraction of sp³-hybridized carbons (Fsp3) is 0.174. The van der Waals surface area contributed by atoms with Crippen molar-refractivity contribution in [3.63, 3.8) is 0 Å². The number of fused-ring (bicyclic) bond motifs is 1. The van der Waals surface area contributed by atoms with Crippen molar-refractivity contribution < 1.29 is 19.1 Å². The van der Waals surface area contributed by atoms with Gasteiger partial charge in [-0.2, -0.15) is 0 Å². The number of rotatable bonds is 7. The van der Waals surface area contributed by atoms with Crippen molar-refractivity contribution in [3.8, 4) is 17.0 Å². The van der Waals surface area contributed by atoms with Gasteiger partial charge in [-0.1, -0.05) is 30.3 Å². The third-order valence-corrected chi connectivity index (χ3v) is 5.37. The molecule has 10 heteroatoms. The van der Waals surface area contributed by atoms with Crippen LogP contribution in [0.4, 0.5) is 10.6 Å². The number of nitrogens with two attached hydrogens (primary N) is 1. The molecule has 10 nitrogen and oxygen atoms in total. The van der Waals surface area contributed by atoms with Crippen LogP contribution in [-0.4, -0.2) is 46.9 Å². The molecule has 0 unspecified atom stereocenters. The second-order valence-electron chi connectivity index (χ2n) is 7.45. The molecule has 4 amide bonds. The highest BCUT2D eigenvalue weighted by Crippen LogP contribution is 2.29. The number of urea groups is 1. The molecule has 3 aromatic rings. The molecule has 33 heavy (non-hydrogen) atoms. The van der Waals surface area contributed by atoms with E-state index >= 15 is 0 Å². The predicted molar refractivity (Wildman–Crippen MR) is 120 cm³/mol. The van der Waals surface area contributed by atoms with Gasteiger partial charge in [-0.25, -0.2) is 9.78 Å². The normalized spacial score (nSPS) is 13.2. The summed E-state index contributed by atoms with van der Waals surface area (Å²) in [5.74, 6) is 0.778. The summed E-state index contributed by atoms with van der Waals surface area (Å²) in [6.07, 6.45) is 3.35. The first-order valence-electron chi connectivity index (χ1n) is 10.1. The second-order valence-corrected chi connectivity index (χ2v) is 7.45. The Morgan fingerprint density at radius 2 is 2.00 bits per heavy atom.